The molecule has 2 amide bonds. The van der Waals surface area contributed by atoms with E-state index in [1.54, 1.807) is 11.1 Å². The van der Waals surface area contributed by atoms with E-state index in [1.807, 2.05) is 58.9 Å². The van der Waals surface area contributed by atoms with E-state index in [4.69, 9.17) is 9.72 Å². The van der Waals surface area contributed by atoms with Crippen LogP contribution in [0.1, 0.15) is 95.0 Å². The summed E-state index contributed by atoms with van der Waals surface area (Å²) < 4.78 is 5.35. The van der Waals surface area contributed by atoms with Crippen LogP contribution in [-0.2, 0) is 4.74 Å². The van der Waals surface area contributed by atoms with Gasteiger partial charge in [-0.1, -0.05) is 43.0 Å². The Hall–Kier alpha value is -3.35. The third kappa shape index (κ3) is 8.33. The van der Waals surface area contributed by atoms with Crippen LogP contribution in [-0.4, -0.2) is 48.8 Å². The maximum Gasteiger partial charge on any atom is 0.407 e. The predicted octanol–water partition coefficient (Wildman–Crippen LogP) is 7.09. The minimum Gasteiger partial charge on any atom is -0.444 e. The van der Waals surface area contributed by atoms with Gasteiger partial charge in [-0.25, -0.2) is 9.78 Å². The Morgan fingerprint density at radius 2 is 1.77 bits per heavy atom. The molecular formula is C33H46N4O3. The van der Waals surface area contributed by atoms with Crippen molar-refractivity contribution in [2.75, 3.05) is 36.0 Å². The summed E-state index contributed by atoms with van der Waals surface area (Å²) in [7, 11) is 0. The minimum absolute atomic E-state index is 0.0169. The number of carbonyl (C=O) groups excluding carboxylic acids is 2. The second kappa shape index (κ2) is 13.3. The molecule has 216 valence electrons. The fraction of sp³-hybridized carbons (Fsp3) is 0.545. The summed E-state index contributed by atoms with van der Waals surface area (Å²) in [5.74, 6) is 1.82. The molecule has 2 heterocycles. The zero-order valence-corrected chi connectivity index (χ0v) is 24.9. The minimum atomic E-state index is -0.503. The average molecular weight is 547 g/mol. The topological polar surface area (TPSA) is 74.8 Å². The Labute approximate surface area is 240 Å². The number of nitrogens with one attached hydrogen (secondary N) is 1. The Balaban J connectivity index is 1.40. The van der Waals surface area contributed by atoms with Gasteiger partial charge in [-0.15, -0.1) is 0 Å². The van der Waals surface area contributed by atoms with E-state index in [0.29, 0.717) is 30.5 Å². The fourth-order valence-electron chi connectivity index (χ4n) is 5.54. The van der Waals surface area contributed by atoms with Crippen LogP contribution < -0.4 is 15.1 Å². The number of alkyl carbamates (subject to hydrolysis) is 1. The van der Waals surface area contributed by atoms with Crippen molar-refractivity contribution in [1.29, 1.82) is 0 Å². The van der Waals surface area contributed by atoms with Crippen LogP contribution in [0.15, 0.2) is 54.2 Å². The van der Waals surface area contributed by atoms with Gasteiger partial charge in [-0.2, -0.15) is 0 Å². The van der Waals surface area contributed by atoms with Gasteiger partial charge in [0.15, 0.2) is 0 Å². The SMILES string of the molecule is CC(C)=CCN(C(=O)c1ccc(C2CCCCC2)cc1)c1ccc(N2CCC(CNC(=O)OC(C)(C)C)C2)nc1. The van der Waals surface area contributed by atoms with Crippen molar-refractivity contribution in [2.45, 2.75) is 84.7 Å². The molecule has 2 fully saturated rings. The van der Waals surface area contributed by atoms with E-state index in [2.05, 4.69) is 28.4 Å². The highest BCUT2D eigenvalue weighted by Crippen LogP contribution is 2.33. The summed E-state index contributed by atoms with van der Waals surface area (Å²) in [6.45, 7) is 12.4. The summed E-state index contributed by atoms with van der Waals surface area (Å²) in [5, 5.41) is 2.89. The molecule has 1 aliphatic heterocycles. The molecule has 1 N–H and O–H groups in total. The first-order valence-corrected chi connectivity index (χ1v) is 14.8. The zero-order valence-electron chi connectivity index (χ0n) is 24.9. The van der Waals surface area contributed by atoms with Gasteiger partial charge in [0.1, 0.15) is 11.4 Å². The highest BCUT2D eigenvalue weighted by Gasteiger charge is 2.26. The molecule has 40 heavy (non-hydrogen) atoms. The first kappa shape index (κ1) is 29.6. The zero-order chi connectivity index (χ0) is 28.7. The number of benzene rings is 1. The number of rotatable bonds is 8. The van der Waals surface area contributed by atoms with Crippen molar-refractivity contribution in [3.8, 4) is 0 Å². The van der Waals surface area contributed by atoms with Crippen LogP contribution in [0.25, 0.3) is 0 Å². The van der Waals surface area contributed by atoms with Crippen molar-refractivity contribution in [3.05, 3.63) is 65.4 Å². The molecule has 1 saturated heterocycles. The summed E-state index contributed by atoms with van der Waals surface area (Å²) in [6.07, 6.45) is 10.9. The largest absolute Gasteiger partial charge is 0.444 e. The molecule has 0 radical (unpaired) electrons. The van der Waals surface area contributed by atoms with Crippen LogP contribution in [0.3, 0.4) is 0 Å². The molecule has 1 saturated carbocycles. The maximum atomic E-state index is 13.7. The first-order chi connectivity index (χ1) is 19.1. The number of ether oxygens (including phenoxy) is 1. The number of nitrogens with zero attached hydrogens (tertiary/aromatic N) is 3. The Morgan fingerprint density at radius 1 is 1.05 bits per heavy atom. The smallest absolute Gasteiger partial charge is 0.407 e. The molecule has 7 nitrogen and oxygen atoms in total. The second-order valence-corrected chi connectivity index (χ2v) is 12.5. The molecule has 1 aromatic heterocycles. The summed E-state index contributed by atoms with van der Waals surface area (Å²) >= 11 is 0. The molecule has 0 spiro atoms. The molecule has 1 unspecified atom stereocenters. The van der Waals surface area contributed by atoms with Gasteiger partial charge in [0, 0.05) is 31.7 Å². The highest BCUT2D eigenvalue weighted by atomic mass is 16.6. The molecule has 7 heteroatoms. The van der Waals surface area contributed by atoms with Gasteiger partial charge < -0.3 is 19.9 Å². The molecule has 1 aliphatic carbocycles. The number of anilines is 2. The van der Waals surface area contributed by atoms with Crippen LogP contribution in [0, 0.1) is 5.92 Å². The van der Waals surface area contributed by atoms with Gasteiger partial charge in [0.2, 0.25) is 0 Å². The number of allylic oxidation sites excluding steroid dienone is 1. The Kier molecular flexibility index (Phi) is 9.88. The van der Waals surface area contributed by atoms with Crippen molar-refractivity contribution in [1.82, 2.24) is 10.3 Å². The predicted molar refractivity (Wildman–Crippen MR) is 162 cm³/mol. The van der Waals surface area contributed by atoms with E-state index < -0.39 is 5.60 Å². The van der Waals surface area contributed by atoms with Gasteiger partial charge in [-0.3, -0.25) is 4.79 Å². The van der Waals surface area contributed by atoms with Crippen LogP contribution in [0.4, 0.5) is 16.3 Å². The maximum absolute atomic E-state index is 13.7. The standard InChI is InChI=1S/C33H46N4O3/c1-24(2)17-20-37(31(38)28-13-11-27(12-14-28)26-9-7-6-8-10-26)29-15-16-30(34-22-29)36-19-18-25(23-36)21-35-32(39)40-33(3,4)5/h11-17,22,25-26H,6-10,18-21,23H2,1-5H3,(H,35,39). The number of hydrogen-bond acceptors (Lipinski definition) is 5. The van der Waals surface area contributed by atoms with Crippen molar-refractivity contribution < 1.29 is 14.3 Å². The number of hydrogen-bond donors (Lipinski definition) is 1. The molecular weight excluding hydrogens is 500 g/mol. The number of carbonyl (C=O) groups is 2. The van der Waals surface area contributed by atoms with Crippen molar-refractivity contribution >= 4 is 23.5 Å². The van der Waals surface area contributed by atoms with E-state index in [-0.39, 0.29) is 12.0 Å². The lowest BCUT2D eigenvalue weighted by molar-refractivity contribution is 0.0520. The van der Waals surface area contributed by atoms with Crippen molar-refractivity contribution in [3.63, 3.8) is 0 Å². The quantitative estimate of drug-likeness (QED) is 0.358. The van der Waals surface area contributed by atoms with Crippen LogP contribution in [0.5, 0.6) is 0 Å². The van der Waals surface area contributed by atoms with E-state index >= 15 is 0 Å². The van der Waals surface area contributed by atoms with Crippen LogP contribution >= 0.6 is 0 Å². The van der Waals surface area contributed by atoms with Crippen molar-refractivity contribution in [2.24, 2.45) is 5.92 Å². The van der Waals surface area contributed by atoms with Gasteiger partial charge in [-0.05, 0) is 95.5 Å². The normalized spacial score (nSPS) is 17.8. The fourth-order valence-corrected chi connectivity index (χ4v) is 5.54. The third-order valence-electron chi connectivity index (χ3n) is 7.75. The molecule has 4 rings (SSSR count). The lowest BCUT2D eigenvalue weighted by atomic mass is 9.84. The summed E-state index contributed by atoms with van der Waals surface area (Å²) in [4.78, 5) is 34.4. The van der Waals surface area contributed by atoms with Crippen LogP contribution in [0.2, 0.25) is 0 Å². The molecule has 0 bridgehead atoms. The number of amides is 2. The average Bonchev–Trinajstić information content (AvgIpc) is 3.41. The summed E-state index contributed by atoms with van der Waals surface area (Å²) in [5.41, 5.74) is 3.49. The third-order valence-corrected chi connectivity index (χ3v) is 7.75. The number of aromatic nitrogens is 1. The first-order valence-electron chi connectivity index (χ1n) is 14.8. The number of pyridine rings is 1. The van der Waals surface area contributed by atoms with E-state index in [1.165, 1.54) is 37.7 Å². The molecule has 1 atom stereocenters. The lowest BCUT2D eigenvalue weighted by Crippen LogP contribution is -2.36. The molecule has 1 aromatic carbocycles. The highest BCUT2D eigenvalue weighted by molar-refractivity contribution is 6.06. The summed E-state index contributed by atoms with van der Waals surface area (Å²) in [6, 6.07) is 12.2. The van der Waals surface area contributed by atoms with E-state index in [0.717, 1.165) is 36.6 Å². The van der Waals surface area contributed by atoms with Gasteiger partial charge in [0.25, 0.3) is 5.91 Å². The second-order valence-electron chi connectivity index (χ2n) is 12.5. The molecule has 2 aliphatic rings. The Morgan fingerprint density at radius 3 is 2.40 bits per heavy atom. The van der Waals surface area contributed by atoms with E-state index in [9.17, 15) is 9.59 Å². The monoisotopic (exact) mass is 546 g/mol. The molecule has 2 aromatic rings. The lowest BCUT2D eigenvalue weighted by Gasteiger charge is -2.24. The van der Waals surface area contributed by atoms with Gasteiger partial charge >= 0.3 is 6.09 Å². The van der Waals surface area contributed by atoms with Gasteiger partial charge in [0.05, 0.1) is 11.9 Å². The Bertz CT molecular complexity index is 1160.